The molecule has 2 amide bonds. The zero-order chi connectivity index (χ0) is 20.1. The molecule has 2 saturated heterocycles. The van der Waals surface area contributed by atoms with Crippen molar-refractivity contribution in [3.05, 3.63) is 66.2 Å². The molecule has 154 valence electrons. The molecule has 4 rings (SSSR count). The molecular formula is C24H32N4O. The predicted molar refractivity (Wildman–Crippen MR) is 118 cm³/mol. The number of nitrogens with one attached hydrogen (secondary N) is 2. The number of urea groups is 1. The summed E-state index contributed by atoms with van der Waals surface area (Å²) < 4.78 is 0. The zero-order valence-electron chi connectivity index (χ0n) is 17.3. The van der Waals surface area contributed by atoms with Crippen LogP contribution in [0.2, 0.25) is 0 Å². The van der Waals surface area contributed by atoms with Crippen LogP contribution in [-0.4, -0.2) is 49.7 Å². The third kappa shape index (κ3) is 5.10. The molecule has 2 aromatic rings. The highest BCUT2D eigenvalue weighted by atomic mass is 16.2. The molecule has 0 unspecified atom stereocenters. The van der Waals surface area contributed by atoms with Gasteiger partial charge in [-0.25, -0.2) is 4.79 Å². The molecule has 2 fully saturated rings. The molecule has 0 bridgehead atoms. The van der Waals surface area contributed by atoms with Gasteiger partial charge >= 0.3 is 6.03 Å². The molecule has 0 saturated carbocycles. The Labute approximate surface area is 174 Å². The Hall–Kier alpha value is -2.53. The van der Waals surface area contributed by atoms with Crippen molar-refractivity contribution >= 4 is 11.7 Å². The monoisotopic (exact) mass is 392 g/mol. The maximum Gasteiger partial charge on any atom is 0.315 e. The lowest BCUT2D eigenvalue weighted by Crippen LogP contribution is -2.45. The van der Waals surface area contributed by atoms with E-state index in [-0.39, 0.29) is 12.1 Å². The number of amides is 2. The van der Waals surface area contributed by atoms with Crippen LogP contribution >= 0.6 is 0 Å². The fourth-order valence-electron chi connectivity index (χ4n) is 4.55. The summed E-state index contributed by atoms with van der Waals surface area (Å²) in [7, 11) is 0. The van der Waals surface area contributed by atoms with Crippen LogP contribution in [0.4, 0.5) is 10.5 Å². The molecule has 2 N–H and O–H groups in total. The van der Waals surface area contributed by atoms with Crippen molar-refractivity contribution in [2.24, 2.45) is 5.92 Å². The summed E-state index contributed by atoms with van der Waals surface area (Å²) in [5.74, 6) is 0.513. The average molecular weight is 393 g/mol. The van der Waals surface area contributed by atoms with E-state index in [0.29, 0.717) is 12.0 Å². The van der Waals surface area contributed by atoms with Gasteiger partial charge in [-0.1, -0.05) is 48.5 Å². The predicted octanol–water partition coefficient (Wildman–Crippen LogP) is 3.65. The minimum Gasteiger partial charge on any atom is -0.371 e. The molecule has 2 aliphatic rings. The number of nitrogens with zero attached hydrogens (tertiary/aromatic N) is 2. The van der Waals surface area contributed by atoms with Gasteiger partial charge in [0.1, 0.15) is 0 Å². The third-order valence-electron chi connectivity index (χ3n) is 6.34. The number of hydrogen-bond acceptors (Lipinski definition) is 3. The van der Waals surface area contributed by atoms with E-state index >= 15 is 0 Å². The SMILES string of the molecule is C[C@H](c1ccccc1)N1CC[C@@H](NC(=O)NC[C@@H]2CCN(c3ccccc3)C2)C1. The topological polar surface area (TPSA) is 47.6 Å². The van der Waals surface area contributed by atoms with Gasteiger partial charge in [0.2, 0.25) is 0 Å². The maximum atomic E-state index is 12.4. The first-order valence-corrected chi connectivity index (χ1v) is 10.8. The van der Waals surface area contributed by atoms with E-state index in [1.54, 1.807) is 0 Å². The van der Waals surface area contributed by atoms with Gasteiger partial charge in [-0.15, -0.1) is 0 Å². The van der Waals surface area contributed by atoms with E-state index in [4.69, 9.17) is 0 Å². The number of anilines is 1. The highest BCUT2D eigenvalue weighted by molar-refractivity contribution is 5.74. The molecule has 0 spiro atoms. The summed E-state index contributed by atoms with van der Waals surface area (Å²) >= 11 is 0. The lowest BCUT2D eigenvalue weighted by Gasteiger charge is -2.25. The number of para-hydroxylation sites is 1. The average Bonchev–Trinajstić information content (AvgIpc) is 3.43. The Morgan fingerprint density at radius 3 is 2.48 bits per heavy atom. The first-order chi connectivity index (χ1) is 14.2. The maximum absolute atomic E-state index is 12.4. The second-order valence-corrected chi connectivity index (χ2v) is 8.36. The summed E-state index contributed by atoms with van der Waals surface area (Å²) in [5, 5.41) is 6.28. The Morgan fingerprint density at radius 1 is 1.00 bits per heavy atom. The molecule has 0 radical (unpaired) electrons. The van der Waals surface area contributed by atoms with Crippen molar-refractivity contribution in [2.75, 3.05) is 37.6 Å². The van der Waals surface area contributed by atoms with E-state index < -0.39 is 0 Å². The molecule has 5 nitrogen and oxygen atoms in total. The Bertz CT molecular complexity index is 782. The number of hydrogen-bond donors (Lipinski definition) is 2. The quantitative estimate of drug-likeness (QED) is 0.789. The Kier molecular flexibility index (Phi) is 6.35. The van der Waals surface area contributed by atoms with Gasteiger partial charge in [-0.2, -0.15) is 0 Å². The summed E-state index contributed by atoms with van der Waals surface area (Å²) in [5.41, 5.74) is 2.61. The molecule has 2 aliphatic heterocycles. The van der Waals surface area contributed by atoms with Crippen LogP contribution in [0.15, 0.2) is 60.7 Å². The van der Waals surface area contributed by atoms with Crippen molar-refractivity contribution in [1.29, 1.82) is 0 Å². The van der Waals surface area contributed by atoms with Crippen LogP contribution in [0.1, 0.15) is 31.4 Å². The molecule has 5 heteroatoms. The van der Waals surface area contributed by atoms with Crippen LogP contribution in [-0.2, 0) is 0 Å². The number of benzene rings is 2. The van der Waals surface area contributed by atoms with Crippen LogP contribution in [0, 0.1) is 5.92 Å². The van der Waals surface area contributed by atoms with Crippen LogP contribution in [0.3, 0.4) is 0 Å². The normalized spacial score (nSPS) is 23.1. The molecule has 0 aliphatic carbocycles. The first kappa shape index (κ1) is 19.8. The molecule has 2 aromatic carbocycles. The van der Waals surface area contributed by atoms with Crippen molar-refractivity contribution < 1.29 is 4.79 Å². The largest absolute Gasteiger partial charge is 0.371 e. The second kappa shape index (κ2) is 9.31. The number of likely N-dealkylation sites (tertiary alicyclic amines) is 1. The van der Waals surface area contributed by atoms with Crippen LogP contribution < -0.4 is 15.5 Å². The van der Waals surface area contributed by atoms with Gasteiger partial charge in [0.05, 0.1) is 0 Å². The van der Waals surface area contributed by atoms with E-state index in [1.807, 2.05) is 6.07 Å². The molecule has 29 heavy (non-hydrogen) atoms. The second-order valence-electron chi connectivity index (χ2n) is 8.36. The van der Waals surface area contributed by atoms with Crippen molar-refractivity contribution in [3.63, 3.8) is 0 Å². The highest BCUT2D eigenvalue weighted by Gasteiger charge is 2.28. The third-order valence-corrected chi connectivity index (χ3v) is 6.34. The molecule has 2 heterocycles. The van der Waals surface area contributed by atoms with Gasteiger partial charge in [-0.05, 0) is 43.4 Å². The van der Waals surface area contributed by atoms with E-state index in [2.05, 4.69) is 82.0 Å². The fraction of sp³-hybridized carbons (Fsp3) is 0.458. The number of carbonyl (C=O) groups is 1. The summed E-state index contributed by atoms with van der Waals surface area (Å²) in [6.07, 6.45) is 2.14. The standard InChI is InChI=1S/C24H32N4O/c1-19(21-8-4-2-5-9-21)27-15-13-22(18-27)26-24(29)25-16-20-12-14-28(17-20)23-10-6-3-7-11-23/h2-11,19-20,22H,12-18H2,1H3,(H2,25,26,29)/t19-,20+,22-/m1/s1. The van der Waals surface area contributed by atoms with Gasteiger partial charge in [-0.3, -0.25) is 4.90 Å². The Balaban J connectivity index is 1.18. The highest BCUT2D eigenvalue weighted by Crippen LogP contribution is 2.25. The summed E-state index contributed by atoms with van der Waals surface area (Å²) in [6, 6.07) is 21.7. The molecule has 0 aromatic heterocycles. The summed E-state index contributed by atoms with van der Waals surface area (Å²) in [6.45, 7) is 7.00. The van der Waals surface area contributed by atoms with Gasteiger partial charge in [0.15, 0.2) is 0 Å². The van der Waals surface area contributed by atoms with Gasteiger partial charge in [0.25, 0.3) is 0 Å². The van der Waals surface area contributed by atoms with Crippen LogP contribution in [0.5, 0.6) is 0 Å². The minimum atomic E-state index is -0.0256. The number of carbonyl (C=O) groups excluding carboxylic acids is 1. The van der Waals surface area contributed by atoms with Crippen LogP contribution in [0.25, 0.3) is 0 Å². The van der Waals surface area contributed by atoms with Crippen molar-refractivity contribution in [3.8, 4) is 0 Å². The minimum absolute atomic E-state index is 0.0256. The first-order valence-electron chi connectivity index (χ1n) is 10.8. The zero-order valence-corrected chi connectivity index (χ0v) is 17.3. The van der Waals surface area contributed by atoms with E-state index in [1.165, 1.54) is 11.3 Å². The van der Waals surface area contributed by atoms with Crippen molar-refractivity contribution in [2.45, 2.75) is 31.8 Å². The Morgan fingerprint density at radius 2 is 1.72 bits per heavy atom. The van der Waals surface area contributed by atoms with Crippen molar-refractivity contribution in [1.82, 2.24) is 15.5 Å². The van der Waals surface area contributed by atoms with Gasteiger partial charge < -0.3 is 15.5 Å². The number of rotatable bonds is 6. The van der Waals surface area contributed by atoms with E-state index in [0.717, 1.165) is 45.6 Å². The smallest absolute Gasteiger partial charge is 0.315 e. The molecule has 3 atom stereocenters. The fourth-order valence-corrected chi connectivity index (χ4v) is 4.55. The van der Waals surface area contributed by atoms with Gasteiger partial charge in [0, 0.05) is 50.5 Å². The lowest BCUT2D eigenvalue weighted by molar-refractivity contribution is 0.230. The summed E-state index contributed by atoms with van der Waals surface area (Å²) in [4.78, 5) is 17.3. The lowest BCUT2D eigenvalue weighted by atomic mass is 10.1. The van der Waals surface area contributed by atoms with E-state index in [9.17, 15) is 4.79 Å². The molecular weight excluding hydrogens is 360 g/mol.